The molecule has 0 fully saturated rings. The van der Waals surface area contributed by atoms with Crippen LogP contribution in [0, 0.1) is 0 Å². The van der Waals surface area contributed by atoms with Crippen LogP contribution in [0.5, 0.6) is 0 Å². The number of aromatic nitrogens is 3. The van der Waals surface area contributed by atoms with Crippen molar-refractivity contribution in [3.63, 3.8) is 0 Å². The molecule has 0 amide bonds. The van der Waals surface area contributed by atoms with Crippen molar-refractivity contribution in [3.8, 4) is 0 Å². The Morgan fingerprint density at radius 2 is 1.90 bits per heavy atom. The van der Waals surface area contributed by atoms with Crippen LogP contribution in [0.4, 0.5) is 19.0 Å². The van der Waals surface area contributed by atoms with Gasteiger partial charge in [0.05, 0.1) is 28.7 Å². The minimum Gasteiger partial charge on any atom is -0.307 e. The van der Waals surface area contributed by atoms with Gasteiger partial charge in [-0.15, -0.1) is 0 Å². The first-order chi connectivity index (χ1) is 9.49. The van der Waals surface area contributed by atoms with Crippen molar-refractivity contribution in [3.05, 3.63) is 42.0 Å². The minimum absolute atomic E-state index is 0.436. The number of halogens is 3. The van der Waals surface area contributed by atoms with E-state index in [1.54, 1.807) is 0 Å². The van der Waals surface area contributed by atoms with Gasteiger partial charge >= 0.3 is 6.18 Å². The molecule has 0 saturated carbocycles. The molecule has 0 saturated heterocycles. The molecular formula is C11H10F3N5S. The summed E-state index contributed by atoms with van der Waals surface area (Å²) in [5, 5.41) is 0.487. The SMILES string of the molecule is NNc1cnc(CSc2ccc(C(F)(F)F)cn2)cn1. The summed E-state index contributed by atoms with van der Waals surface area (Å²) in [6.45, 7) is 0. The third-order valence-electron chi connectivity index (χ3n) is 2.28. The number of nitrogen functional groups attached to an aromatic ring is 1. The van der Waals surface area contributed by atoms with Gasteiger partial charge in [0.15, 0.2) is 5.82 Å². The van der Waals surface area contributed by atoms with Gasteiger partial charge in [-0.3, -0.25) is 4.98 Å². The predicted octanol–water partition coefficient (Wildman–Crippen LogP) is 2.47. The van der Waals surface area contributed by atoms with E-state index in [1.165, 1.54) is 30.2 Å². The summed E-state index contributed by atoms with van der Waals surface area (Å²) in [5.74, 6) is 6.05. The molecule has 3 N–H and O–H groups in total. The fraction of sp³-hybridized carbons (Fsp3) is 0.182. The summed E-state index contributed by atoms with van der Waals surface area (Å²) >= 11 is 1.27. The van der Waals surface area contributed by atoms with Gasteiger partial charge in [-0.25, -0.2) is 15.8 Å². The number of nitrogens with zero attached hydrogens (tertiary/aromatic N) is 3. The fourth-order valence-electron chi connectivity index (χ4n) is 1.29. The van der Waals surface area contributed by atoms with Crippen molar-refractivity contribution in [2.24, 2.45) is 5.84 Å². The number of anilines is 1. The van der Waals surface area contributed by atoms with E-state index in [-0.39, 0.29) is 0 Å². The number of pyridine rings is 1. The first-order valence-electron chi connectivity index (χ1n) is 5.42. The molecule has 0 aromatic carbocycles. The van der Waals surface area contributed by atoms with Gasteiger partial charge in [-0.05, 0) is 12.1 Å². The average Bonchev–Trinajstić information content (AvgIpc) is 2.45. The van der Waals surface area contributed by atoms with E-state index in [0.29, 0.717) is 22.3 Å². The van der Waals surface area contributed by atoms with Crippen LogP contribution in [0.15, 0.2) is 35.7 Å². The molecule has 2 aromatic heterocycles. The zero-order chi connectivity index (χ0) is 14.6. The third-order valence-corrected chi connectivity index (χ3v) is 3.26. The van der Waals surface area contributed by atoms with Crippen LogP contribution < -0.4 is 11.3 Å². The Bertz CT molecular complexity index is 556. The molecule has 0 atom stereocenters. The van der Waals surface area contributed by atoms with E-state index in [9.17, 15) is 13.2 Å². The lowest BCUT2D eigenvalue weighted by Gasteiger charge is -2.06. The second-order valence-corrected chi connectivity index (χ2v) is 4.70. The summed E-state index contributed by atoms with van der Waals surface area (Å²) in [5.41, 5.74) is 2.26. The van der Waals surface area contributed by atoms with Crippen molar-refractivity contribution in [1.29, 1.82) is 0 Å². The van der Waals surface area contributed by atoms with E-state index in [0.717, 1.165) is 12.3 Å². The minimum atomic E-state index is -4.37. The smallest absolute Gasteiger partial charge is 0.307 e. The van der Waals surface area contributed by atoms with Gasteiger partial charge in [-0.2, -0.15) is 13.2 Å². The predicted molar refractivity (Wildman–Crippen MR) is 68.6 cm³/mol. The molecule has 0 radical (unpaired) electrons. The van der Waals surface area contributed by atoms with Gasteiger partial charge < -0.3 is 5.43 Å². The third kappa shape index (κ3) is 3.81. The number of nitrogens with two attached hydrogens (primary N) is 1. The van der Waals surface area contributed by atoms with Gasteiger partial charge in [-0.1, -0.05) is 11.8 Å². The molecule has 0 spiro atoms. The van der Waals surface area contributed by atoms with Crippen LogP contribution >= 0.6 is 11.8 Å². The Kier molecular flexibility index (Phi) is 4.40. The lowest BCUT2D eigenvalue weighted by atomic mass is 10.3. The molecule has 0 bridgehead atoms. The monoisotopic (exact) mass is 301 g/mol. The van der Waals surface area contributed by atoms with Crippen LogP contribution in [-0.4, -0.2) is 15.0 Å². The Morgan fingerprint density at radius 1 is 1.10 bits per heavy atom. The zero-order valence-electron chi connectivity index (χ0n) is 10.1. The summed E-state index contributed by atoms with van der Waals surface area (Å²) in [6, 6.07) is 2.33. The topological polar surface area (TPSA) is 76.7 Å². The maximum absolute atomic E-state index is 12.4. The van der Waals surface area contributed by atoms with Crippen molar-refractivity contribution in [2.45, 2.75) is 17.0 Å². The first-order valence-corrected chi connectivity index (χ1v) is 6.41. The highest BCUT2D eigenvalue weighted by molar-refractivity contribution is 7.98. The molecule has 2 rings (SSSR count). The summed E-state index contributed by atoms with van der Waals surface area (Å²) < 4.78 is 37.1. The summed E-state index contributed by atoms with van der Waals surface area (Å²) in [7, 11) is 0. The van der Waals surface area contributed by atoms with Crippen molar-refractivity contribution in [1.82, 2.24) is 15.0 Å². The highest BCUT2D eigenvalue weighted by atomic mass is 32.2. The van der Waals surface area contributed by atoms with E-state index in [2.05, 4.69) is 20.4 Å². The molecule has 0 aliphatic carbocycles. The molecule has 5 nitrogen and oxygen atoms in total. The summed E-state index contributed by atoms with van der Waals surface area (Å²) in [4.78, 5) is 11.8. The van der Waals surface area contributed by atoms with E-state index in [4.69, 9.17) is 5.84 Å². The molecule has 106 valence electrons. The molecule has 0 unspecified atom stereocenters. The quantitative estimate of drug-likeness (QED) is 0.513. The van der Waals surface area contributed by atoms with Crippen LogP contribution in [0.3, 0.4) is 0 Å². The Balaban J connectivity index is 1.96. The average molecular weight is 301 g/mol. The second kappa shape index (κ2) is 6.06. The van der Waals surface area contributed by atoms with Crippen molar-refractivity contribution in [2.75, 3.05) is 5.43 Å². The van der Waals surface area contributed by atoms with Gasteiger partial charge in [0, 0.05) is 11.9 Å². The normalized spacial score (nSPS) is 11.4. The van der Waals surface area contributed by atoms with E-state index < -0.39 is 11.7 Å². The Morgan fingerprint density at radius 3 is 2.40 bits per heavy atom. The lowest BCUT2D eigenvalue weighted by Crippen LogP contribution is -2.09. The van der Waals surface area contributed by atoms with Gasteiger partial charge in [0.25, 0.3) is 0 Å². The molecular weight excluding hydrogens is 291 g/mol. The van der Waals surface area contributed by atoms with Crippen LogP contribution in [0.1, 0.15) is 11.3 Å². The molecule has 20 heavy (non-hydrogen) atoms. The van der Waals surface area contributed by atoms with Crippen LogP contribution in [-0.2, 0) is 11.9 Å². The molecule has 9 heteroatoms. The maximum Gasteiger partial charge on any atom is 0.417 e. The van der Waals surface area contributed by atoms with Gasteiger partial charge in [0.1, 0.15) is 0 Å². The number of hydrazine groups is 1. The zero-order valence-corrected chi connectivity index (χ0v) is 10.9. The Hall–Kier alpha value is -1.87. The largest absolute Gasteiger partial charge is 0.417 e. The number of rotatable bonds is 4. The molecule has 2 heterocycles. The number of alkyl halides is 3. The van der Waals surface area contributed by atoms with Gasteiger partial charge in [0.2, 0.25) is 0 Å². The van der Waals surface area contributed by atoms with E-state index >= 15 is 0 Å². The number of thioether (sulfide) groups is 1. The molecule has 2 aromatic rings. The van der Waals surface area contributed by atoms with Crippen molar-refractivity contribution < 1.29 is 13.2 Å². The first kappa shape index (κ1) is 14.5. The van der Waals surface area contributed by atoms with Crippen LogP contribution in [0.25, 0.3) is 0 Å². The maximum atomic E-state index is 12.4. The molecule has 0 aliphatic heterocycles. The number of hydrogen-bond donors (Lipinski definition) is 2. The number of hydrogen-bond acceptors (Lipinski definition) is 6. The molecule has 0 aliphatic rings. The van der Waals surface area contributed by atoms with Crippen molar-refractivity contribution >= 4 is 17.6 Å². The fourth-order valence-corrected chi connectivity index (χ4v) is 2.02. The second-order valence-electron chi connectivity index (χ2n) is 3.71. The highest BCUT2D eigenvalue weighted by Crippen LogP contribution is 2.29. The highest BCUT2D eigenvalue weighted by Gasteiger charge is 2.30. The Labute approximate surface area is 116 Å². The van der Waals surface area contributed by atoms with Crippen LogP contribution in [0.2, 0.25) is 0 Å². The summed E-state index contributed by atoms with van der Waals surface area (Å²) in [6.07, 6.45) is -0.551. The lowest BCUT2D eigenvalue weighted by molar-refractivity contribution is -0.137. The van der Waals surface area contributed by atoms with E-state index in [1.807, 2.05) is 0 Å². The number of nitrogens with one attached hydrogen (secondary N) is 1. The standard InChI is InChI=1S/C11H10F3N5S/c12-11(13,14)7-1-2-10(18-3-7)20-6-8-4-17-9(19-15)5-16-8/h1-5H,6,15H2,(H,17,19).